The molecule has 0 radical (unpaired) electrons. The van der Waals surface area contributed by atoms with E-state index in [9.17, 15) is 23.1 Å². The van der Waals surface area contributed by atoms with Gasteiger partial charge in [-0.15, -0.1) is 0 Å². The summed E-state index contributed by atoms with van der Waals surface area (Å²) in [5.41, 5.74) is 0.274. The number of amides is 2. The predicted octanol–water partition coefficient (Wildman–Crippen LogP) is 2.45. The van der Waals surface area contributed by atoms with E-state index in [2.05, 4.69) is 5.32 Å². The molecule has 23 heavy (non-hydrogen) atoms. The molecule has 128 valence electrons. The molecule has 1 fully saturated rings. The summed E-state index contributed by atoms with van der Waals surface area (Å²) in [5, 5.41) is 12.4. The number of benzene rings is 1. The van der Waals surface area contributed by atoms with Crippen LogP contribution in [0.25, 0.3) is 0 Å². The molecular weight excluding hydrogens is 309 g/mol. The van der Waals surface area contributed by atoms with Crippen LogP contribution in [0.1, 0.15) is 24.8 Å². The Morgan fingerprint density at radius 3 is 2.52 bits per heavy atom. The molecule has 2 amide bonds. The van der Waals surface area contributed by atoms with Crippen molar-refractivity contribution in [2.75, 3.05) is 20.1 Å². The Kier molecular flexibility index (Phi) is 5.87. The van der Waals surface area contributed by atoms with Crippen molar-refractivity contribution in [2.24, 2.45) is 5.92 Å². The highest BCUT2D eigenvalue weighted by atomic mass is 19.2. The molecule has 4 nitrogen and oxygen atoms in total. The lowest BCUT2D eigenvalue weighted by atomic mass is 10.1. The van der Waals surface area contributed by atoms with Gasteiger partial charge in [0.2, 0.25) is 0 Å². The van der Waals surface area contributed by atoms with Gasteiger partial charge in [0.1, 0.15) is 0 Å². The average molecular weight is 330 g/mol. The zero-order chi connectivity index (χ0) is 17.0. The average Bonchev–Trinajstić information content (AvgIpc) is 2.89. The van der Waals surface area contributed by atoms with Crippen LogP contribution >= 0.6 is 0 Å². The highest BCUT2D eigenvalue weighted by molar-refractivity contribution is 5.73. The molecule has 0 aliphatic heterocycles. The standard InChI is InChI=1S/C16H21F3N2O2/c1-21(9-11-3-2-4-14(11)22)16(23)20-6-5-10-7-12(17)15(19)13(18)8-10/h7-8,11,14,22H,2-6,9H2,1H3,(H,20,23). The van der Waals surface area contributed by atoms with Crippen LogP contribution in [0.2, 0.25) is 0 Å². The van der Waals surface area contributed by atoms with Gasteiger partial charge in [0.25, 0.3) is 0 Å². The minimum Gasteiger partial charge on any atom is -0.393 e. The van der Waals surface area contributed by atoms with Gasteiger partial charge in [-0.1, -0.05) is 6.42 Å². The summed E-state index contributed by atoms with van der Waals surface area (Å²) in [7, 11) is 1.64. The summed E-state index contributed by atoms with van der Waals surface area (Å²) in [4.78, 5) is 13.4. The monoisotopic (exact) mass is 330 g/mol. The molecule has 0 aromatic heterocycles. The Morgan fingerprint density at radius 2 is 1.96 bits per heavy atom. The zero-order valence-corrected chi connectivity index (χ0v) is 13.0. The van der Waals surface area contributed by atoms with E-state index in [-0.39, 0.29) is 36.6 Å². The second-order valence-corrected chi connectivity index (χ2v) is 5.99. The lowest BCUT2D eigenvalue weighted by Crippen LogP contribution is -2.41. The molecule has 0 spiro atoms. The van der Waals surface area contributed by atoms with E-state index in [1.54, 1.807) is 7.05 Å². The van der Waals surface area contributed by atoms with Crippen LogP contribution in [0.4, 0.5) is 18.0 Å². The van der Waals surface area contributed by atoms with Crippen molar-refractivity contribution in [1.29, 1.82) is 0 Å². The summed E-state index contributed by atoms with van der Waals surface area (Å²) in [6.07, 6.45) is 2.45. The van der Waals surface area contributed by atoms with Gasteiger partial charge in [-0.25, -0.2) is 18.0 Å². The molecule has 0 saturated heterocycles. The molecule has 0 bridgehead atoms. The van der Waals surface area contributed by atoms with Crippen molar-refractivity contribution in [3.8, 4) is 0 Å². The minimum absolute atomic E-state index is 0.0889. The first-order valence-corrected chi connectivity index (χ1v) is 7.69. The number of urea groups is 1. The van der Waals surface area contributed by atoms with E-state index < -0.39 is 17.5 Å². The first-order valence-electron chi connectivity index (χ1n) is 7.69. The Balaban J connectivity index is 1.78. The van der Waals surface area contributed by atoms with E-state index >= 15 is 0 Å². The highest BCUT2D eigenvalue weighted by Gasteiger charge is 2.27. The maximum atomic E-state index is 13.1. The van der Waals surface area contributed by atoms with E-state index in [4.69, 9.17) is 0 Å². The molecule has 2 rings (SSSR count). The molecular formula is C16H21F3N2O2. The molecule has 1 aliphatic rings. The quantitative estimate of drug-likeness (QED) is 0.815. The summed E-state index contributed by atoms with van der Waals surface area (Å²) in [6.45, 7) is 0.647. The minimum atomic E-state index is -1.49. The topological polar surface area (TPSA) is 52.6 Å². The van der Waals surface area contributed by atoms with E-state index in [0.717, 1.165) is 31.4 Å². The number of nitrogens with one attached hydrogen (secondary N) is 1. The molecule has 1 aromatic rings. The van der Waals surface area contributed by atoms with Gasteiger partial charge in [-0.2, -0.15) is 0 Å². The second-order valence-electron chi connectivity index (χ2n) is 5.99. The first-order chi connectivity index (χ1) is 10.9. The molecule has 1 aromatic carbocycles. The summed E-state index contributed by atoms with van der Waals surface area (Å²) >= 11 is 0. The fourth-order valence-electron chi connectivity index (χ4n) is 2.87. The van der Waals surface area contributed by atoms with Gasteiger partial charge < -0.3 is 15.3 Å². The number of carbonyl (C=O) groups excluding carboxylic acids is 1. The van der Waals surface area contributed by atoms with Crippen molar-refractivity contribution < 1.29 is 23.1 Å². The van der Waals surface area contributed by atoms with Gasteiger partial charge >= 0.3 is 6.03 Å². The van der Waals surface area contributed by atoms with Crippen molar-refractivity contribution in [3.05, 3.63) is 35.1 Å². The van der Waals surface area contributed by atoms with Gasteiger partial charge in [-0.3, -0.25) is 0 Å². The molecule has 7 heteroatoms. The number of carbonyl (C=O) groups is 1. The van der Waals surface area contributed by atoms with Gasteiger partial charge in [0, 0.05) is 26.1 Å². The zero-order valence-electron chi connectivity index (χ0n) is 13.0. The lowest BCUT2D eigenvalue weighted by Gasteiger charge is -2.23. The van der Waals surface area contributed by atoms with E-state index in [1.165, 1.54) is 4.90 Å². The second kappa shape index (κ2) is 7.68. The van der Waals surface area contributed by atoms with Crippen molar-refractivity contribution in [1.82, 2.24) is 10.2 Å². The smallest absolute Gasteiger partial charge is 0.317 e. The normalized spacial score (nSPS) is 20.6. The fraction of sp³-hybridized carbons (Fsp3) is 0.562. The number of aliphatic hydroxyl groups is 1. The fourth-order valence-corrected chi connectivity index (χ4v) is 2.87. The van der Waals surface area contributed by atoms with E-state index in [0.29, 0.717) is 6.54 Å². The lowest BCUT2D eigenvalue weighted by molar-refractivity contribution is 0.114. The maximum absolute atomic E-state index is 13.1. The van der Waals surface area contributed by atoms with E-state index in [1.807, 2.05) is 0 Å². The van der Waals surface area contributed by atoms with Crippen LogP contribution in [0.5, 0.6) is 0 Å². The molecule has 1 aliphatic carbocycles. The van der Waals surface area contributed by atoms with Gasteiger partial charge in [-0.05, 0) is 37.0 Å². The van der Waals surface area contributed by atoms with Crippen LogP contribution in [-0.4, -0.2) is 42.3 Å². The van der Waals surface area contributed by atoms with Crippen LogP contribution < -0.4 is 5.32 Å². The van der Waals surface area contributed by atoms with Crippen molar-refractivity contribution in [2.45, 2.75) is 31.8 Å². The molecule has 2 N–H and O–H groups in total. The number of hydrogen-bond acceptors (Lipinski definition) is 2. The molecule has 0 heterocycles. The molecule has 2 unspecified atom stereocenters. The number of nitrogens with zero attached hydrogens (tertiary/aromatic N) is 1. The molecule has 2 atom stereocenters. The van der Waals surface area contributed by atoms with Crippen LogP contribution in [-0.2, 0) is 6.42 Å². The van der Waals surface area contributed by atoms with Gasteiger partial charge in [0.15, 0.2) is 17.5 Å². The number of halogens is 3. The summed E-state index contributed by atoms with van der Waals surface area (Å²) in [6, 6.07) is 1.53. The number of hydrogen-bond donors (Lipinski definition) is 2. The summed E-state index contributed by atoms with van der Waals surface area (Å²) in [5.74, 6) is -3.88. The largest absolute Gasteiger partial charge is 0.393 e. The Hall–Kier alpha value is -1.76. The Labute approximate surface area is 133 Å². The number of aliphatic hydroxyl groups excluding tert-OH is 1. The van der Waals surface area contributed by atoms with Crippen LogP contribution in [0.15, 0.2) is 12.1 Å². The summed E-state index contributed by atoms with van der Waals surface area (Å²) < 4.78 is 39.0. The number of rotatable bonds is 5. The van der Waals surface area contributed by atoms with Crippen molar-refractivity contribution >= 4 is 6.03 Å². The van der Waals surface area contributed by atoms with Crippen LogP contribution in [0.3, 0.4) is 0 Å². The third-order valence-corrected chi connectivity index (χ3v) is 4.21. The highest BCUT2D eigenvalue weighted by Crippen LogP contribution is 2.25. The predicted molar refractivity (Wildman–Crippen MR) is 79.4 cm³/mol. The Bertz CT molecular complexity index is 545. The third-order valence-electron chi connectivity index (χ3n) is 4.21. The SMILES string of the molecule is CN(CC1CCCC1O)C(=O)NCCc1cc(F)c(F)c(F)c1. The van der Waals surface area contributed by atoms with Crippen molar-refractivity contribution in [3.63, 3.8) is 0 Å². The maximum Gasteiger partial charge on any atom is 0.317 e. The third kappa shape index (κ3) is 4.60. The Morgan fingerprint density at radius 1 is 1.30 bits per heavy atom. The first kappa shape index (κ1) is 17.6. The van der Waals surface area contributed by atoms with Crippen LogP contribution in [0, 0.1) is 23.4 Å². The van der Waals surface area contributed by atoms with Gasteiger partial charge in [0.05, 0.1) is 6.10 Å². The molecule has 1 saturated carbocycles.